The summed E-state index contributed by atoms with van der Waals surface area (Å²) in [5, 5.41) is 0.959. The summed E-state index contributed by atoms with van der Waals surface area (Å²) in [6, 6.07) is 6.41. The van der Waals surface area contributed by atoms with Gasteiger partial charge in [-0.05, 0) is 41.9 Å². The minimum Gasteiger partial charge on any atom is -0.0840 e. The Kier molecular flexibility index (Phi) is 3.05. The largest absolute Gasteiger partial charge is 0.0840 e. The highest BCUT2D eigenvalue weighted by atomic mass is 35.5. The van der Waals surface area contributed by atoms with Crippen LogP contribution in [0, 0.1) is 11.8 Å². The van der Waals surface area contributed by atoms with E-state index in [2.05, 4.69) is 39.8 Å². The van der Waals surface area contributed by atoms with Crippen LogP contribution in [0.15, 0.2) is 18.2 Å². The van der Waals surface area contributed by atoms with E-state index in [1.54, 1.807) is 0 Å². The monoisotopic (exact) mass is 236 g/mol. The highest BCUT2D eigenvalue weighted by molar-refractivity contribution is 6.31. The summed E-state index contributed by atoms with van der Waals surface area (Å²) in [6.07, 6.45) is 2.40. The molecule has 0 heterocycles. The molecule has 0 aliphatic heterocycles. The van der Waals surface area contributed by atoms with Crippen molar-refractivity contribution >= 4 is 11.6 Å². The van der Waals surface area contributed by atoms with E-state index in [9.17, 15) is 0 Å². The molecule has 0 amide bonds. The summed E-state index contributed by atoms with van der Waals surface area (Å²) >= 11 is 6.31. The molecule has 0 aromatic heterocycles. The van der Waals surface area contributed by atoms with Gasteiger partial charge in [-0.1, -0.05) is 51.4 Å². The van der Waals surface area contributed by atoms with Gasteiger partial charge in [-0.2, -0.15) is 0 Å². The van der Waals surface area contributed by atoms with E-state index in [0.717, 1.165) is 11.4 Å². The number of halogens is 1. The minimum absolute atomic E-state index is 0.334. The van der Waals surface area contributed by atoms with Gasteiger partial charge in [0.2, 0.25) is 0 Å². The Bertz CT molecular complexity index is 382. The van der Waals surface area contributed by atoms with Crippen LogP contribution < -0.4 is 0 Å². The van der Waals surface area contributed by atoms with Crippen molar-refractivity contribution in [1.29, 1.82) is 0 Å². The average Bonchev–Trinajstić information content (AvgIpc) is 2.59. The summed E-state index contributed by atoms with van der Waals surface area (Å²) in [5.74, 6) is 1.35. The number of hydrogen-bond donors (Lipinski definition) is 0. The zero-order chi connectivity index (χ0) is 11.9. The first-order valence-electron chi connectivity index (χ1n) is 6.28. The molecule has 1 aromatic carbocycles. The van der Waals surface area contributed by atoms with Gasteiger partial charge in [0.05, 0.1) is 0 Å². The van der Waals surface area contributed by atoms with E-state index in [4.69, 9.17) is 11.6 Å². The molecule has 88 valence electrons. The maximum Gasteiger partial charge on any atom is 0.0440 e. The fourth-order valence-corrected chi connectivity index (χ4v) is 3.85. The lowest BCUT2D eigenvalue weighted by Gasteiger charge is -2.39. The second kappa shape index (κ2) is 4.07. The summed E-state index contributed by atoms with van der Waals surface area (Å²) in [5.41, 5.74) is 3.23. The molecular formula is C15H21Cl. The third kappa shape index (κ3) is 1.50. The molecule has 1 heteroatoms. The normalized spacial score (nSPS) is 18.2. The molecule has 1 aliphatic rings. The molecular weight excluding hydrogens is 216 g/mol. The van der Waals surface area contributed by atoms with Crippen molar-refractivity contribution in [2.75, 3.05) is 0 Å². The molecule has 0 nitrogen and oxygen atoms in total. The first-order valence-corrected chi connectivity index (χ1v) is 6.65. The quantitative estimate of drug-likeness (QED) is 0.690. The molecule has 1 aromatic rings. The smallest absolute Gasteiger partial charge is 0.0440 e. The van der Waals surface area contributed by atoms with Crippen LogP contribution in [-0.4, -0.2) is 0 Å². The lowest BCUT2D eigenvalue weighted by molar-refractivity contribution is 0.218. The standard InChI is InChI=1S/C15H21Cl/c1-10(2)15(11(3)4)9-8-12-13(15)6-5-7-14(12)16/h5-7,10-11H,8-9H2,1-4H3. The Balaban J connectivity index is 2.60. The van der Waals surface area contributed by atoms with Crippen molar-refractivity contribution in [3.8, 4) is 0 Å². The third-order valence-corrected chi connectivity index (χ3v) is 4.82. The molecule has 0 N–H and O–H groups in total. The average molecular weight is 237 g/mol. The summed E-state index contributed by atoms with van der Waals surface area (Å²) in [4.78, 5) is 0. The van der Waals surface area contributed by atoms with Crippen LogP contribution in [0.25, 0.3) is 0 Å². The second-order valence-electron chi connectivity index (χ2n) is 5.62. The van der Waals surface area contributed by atoms with Gasteiger partial charge in [0.25, 0.3) is 0 Å². The molecule has 0 atom stereocenters. The fraction of sp³-hybridized carbons (Fsp3) is 0.600. The lowest BCUT2D eigenvalue weighted by Crippen LogP contribution is -2.35. The van der Waals surface area contributed by atoms with E-state index in [1.807, 2.05) is 6.07 Å². The number of rotatable bonds is 2. The van der Waals surface area contributed by atoms with Crippen LogP contribution in [-0.2, 0) is 11.8 Å². The van der Waals surface area contributed by atoms with Crippen LogP contribution in [0.5, 0.6) is 0 Å². The zero-order valence-electron chi connectivity index (χ0n) is 10.7. The molecule has 0 bridgehead atoms. The maximum absolute atomic E-state index is 6.31. The van der Waals surface area contributed by atoms with Crippen molar-refractivity contribution in [2.24, 2.45) is 11.8 Å². The zero-order valence-corrected chi connectivity index (χ0v) is 11.4. The van der Waals surface area contributed by atoms with E-state index in [1.165, 1.54) is 17.5 Å². The fourth-order valence-electron chi connectivity index (χ4n) is 3.58. The van der Waals surface area contributed by atoms with Crippen molar-refractivity contribution < 1.29 is 0 Å². The van der Waals surface area contributed by atoms with Crippen LogP contribution in [0.2, 0.25) is 5.02 Å². The Morgan fingerprint density at radius 1 is 1.12 bits per heavy atom. The molecule has 16 heavy (non-hydrogen) atoms. The van der Waals surface area contributed by atoms with Gasteiger partial charge in [0, 0.05) is 10.4 Å². The molecule has 0 saturated heterocycles. The predicted octanol–water partition coefficient (Wildman–Crippen LogP) is 4.84. The van der Waals surface area contributed by atoms with E-state index in [0.29, 0.717) is 17.3 Å². The summed E-state index contributed by atoms with van der Waals surface area (Å²) < 4.78 is 0. The van der Waals surface area contributed by atoms with Crippen LogP contribution in [0.4, 0.5) is 0 Å². The topological polar surface area (TPSA) is 0 Å². The van der Waals surface area contributed by atoms with E-state index >= 15 is 0 Å². The predicted molar refractivity (Wildman–Crippen MR) is 71.1 cm³/mol. The minimum atomic E-state index is 0.334. The van der Waals surface area contributed by atoms with Gasteiger partial charge in [-0.25, -0.2) is 0 Å². The number of benzene rings is 1. The molecule has 0 saturated carbocycles. The van der Waals surface area contributed by atoms with E-state index < -0.39 is 0 Å². The Morgan fingerprint density at radius 2 is 1.75 bits per heavy atom. The second-order valence-corrected chi connectivity index (χ2v) is 6.02. The molecule has 0 unspecified atom stereocenters. The molecule has 0 radical (unpaired) electrons. The maximum atomic E-state index is 6.31. The van der Waals surface area contributed by atoms with Gasteiger partial charge >= 0.3 is 0 Å². The van der Waals surface area contributed by atoms with Gasteiger partial charge in [-0.15, -0.1) is 0 Å². The molecule has 1 aliphatic carbocycles. The molecule has 2 rings (SSSR count). The van der Waals surface area contributed by atoms with Crippen LogP contribution in [0.1, 0.15) is 45.2 Å². The summed E-state index contributed by atoms with van der Waals surface area (Å²) in [7, 11) is 0. The van der Waals surface area contributed by atoms with Gasteiger partial charge < -0.3 is 0 Å². The van der Waals surface area contributed by atoms with Crippen molar-refractivity contribution in [3.63, 3.8) is 0 Å². The van der Waals surface area contributed by atoms with Gasteiger partial charge in [0.1, 0.15) is 0 Å². The van der Waals surface area contributed by atoms with Gasteiger partial charge in [-0.3, -0.25) is 0 Å². The lowest BCUT2D eigenvalue weighted by atomic mass is 9.65. The van der Waals surface area contributed by atoms with E-state index in [-0.39, 0.29) is 0 Å². The first-order chi connectivity index (χ1) is 7.50. The number of hydrogen-bond acceptors (Lipinski definition) is 0. The molecule has 0 fully saturated rings. The molecule has 0 spiro atoms. The van der Waals surface area contributed by atoms with Crippen LogP contribution in [0.3, 0.4) is 0 Å². The Morgan fingerprint density at radius 3 is 2.31 bits per heavy atom. The third-order valence-electron chi connectivity index (χ3n) is 4.47. The van der Waals surface area contributed by atoms with Crippen molar-refractivity contribution in [3.05, 3.63) is 34.3 Å². The Hall–Kier alpha value is -0.490. The highest BCUT2D eigenvalue weighted by Gasteiger charge is 2.44. The van der Waals surface area contributed by atoms with Crippen molar-refractivity contribution in [2.45, 2.75) is 46.0 Å². The number of fused-ring (bicyclic) bond motifs is 1. The first kappa shape index (κ1) is 12.0. The van der Waals surface area contributed by atoms with Crippen LogP contribution >= 0.6 is 11.6 Å². The highest BCUT2D eigenvalue weighted by Crippen LogP contribution is 2.50. The SMILES string of the molecule is CC(C)C1(C(C)C)CCc2c(Cl)cccc21. The summed E-state index contributed by atoms with van der Waals surface area (Å²) in [6.45, 7) is 9.37. The van der Waals surface area contributed by atoms with Gasteiger partial charge in [0.15, 0.2) is 0 Å². The van der Waals surface area contributed by atoms with Crippen molar-refractivity contribution in [1.82, 2.24) is 0 Å². The Labute approximate surface area is 104 Å².